The smallest absolute Gasteiger partial charge is 0.154 e. The summed E-state index contributed by atoms with van der Waals surface area (Å²) in [7, 11) is 1.64. The summed E-state index contributed by atoms with van der Waals surface area (Å²) >= 11 is 0. The number of aliphatic hydroxyl groups excluding tert-OH is 1. The zero-order valence-electron chi connectivity index (χ0n) is 19.4. The molecule has 0 fully saturated rings. The first kappa shape index (κ1) is 25.6. The summed E-state index contributed by atoms with van der Waals surface area (Å²) in [6, 6.07) is 15.3. The number of nitrogens with two attached hydrogens (primary N) is 1. The molecular formula is C25H31N5O3S. The molecule has 0 unspecified atom stereocenters. The maximum atomic E-state index is 9.50. The van der Waals surface area contributed by atoms with Gasteiger partial charge in [-0.05, 0) is 42.8 Å². The van der Waals surface area contributed by atoms with Crippen LogP contribution >= 0.6 is 13.5 Å². The van der Waals surface area contributed by atoms with E-state index >= 15 is 0 Å². The van der Waals surface area contributed by atoms with Crippen LogP contribution in [0.5, 0.6) is 5.75 Å². The number of hydrogen-bond acceptors (Lipinski definition) is 7. The van der Waals surface area contributed by atoms with Gasteiger partial charge in [0.2, 0.25) is 0 Å². The molecule has 0 spiro atoms. The molecule has 3 N–H and O–H groups in total. The molecule has 0 aliphatic carbocycles. The van der Waals surface area contributed by atoms with Crippen molar-refractivity contribution in [2.75, 3.05) is 20.3 Å². The van der Waals surface area contributed by atoms with Crippen LogP contribution in [-0.4, -0.2) is 45.2 Å². The number of methoxy groups -OCH3 is 1. The van der Waals surface area contributed by atoms with Crippen molar-refractivity contribution in [1.29, 1.82) is 0 Å². The second-order valence-corrected chi connectivity index (χ2v) is 7.79. The molecule has 3 heterocycles. The first-order valence-corrected chi connectivity index (χ1v) is 11.1. The summed E-state index contributed by atoms with van der Waals surface area (Å²) in [5.74, 6) is 1.30. The maximum Gasteiger partial charge on any atom is 0.154 e. The summed E-state index contributed by atoms with van der Waals surface area (Å²) < 4.78 is 12.9. The summed E-state index contributed by atoms with van der Waals surface area (Å²) in [6.45, 7) is 2.85. The number of hydrogen-bond donors (Lipinski definition) is 2. The molecule has 0 amide bonds. The molecule has 34 heavy (non-hydrogen) atoms. The molecule has 0 saturated carbocycles. The Kier molecular flexibility index (Phi) is 9.00. The summed E-state index contributed by atoms with van der Waals surface area (Å²) in [6.07, 6.45) is 3.63. The number of rotatable bonds is 10. The van der Waals surface area contributed by atoms with Gasteiger partial charge in [0.15, 0.2) is 5.82 Å². The Bertz CT molecular complexity index is 1230. The normalized spacial score (nSPS) is 11.9. The van der Waals surface area contributed by atoms with E-state index < -0.39 is 0 Å². The van der Waals surface area contributed by atoms with Crippen LogP contribution in [0.3, 0.4) is 0 Å². The molecule has 0 saturated heterocycles. The van der Waals surface area contributed by atoms with Crippen LogP contribution in [0.2, 0.25) is 0 Å². The lowest BCUT2D eigenvalue weighted by Crippen LogP contribution is -2.11. The van der Waals surface area contributed by atoms with Crippen molar-refractivity contribution in [3.05, 3.63) is 66.1 Å². The minimum Gasteiger partial charge on any atom is -0.490 e. The Hall–Kier alpha value is -2.98. The highest BCUT2D eigenvalue weighted by molar-refractivity contribution is 7.59. The zero-order valence-corrected chi connectivity index (χ0v) is 20.4. The highest BCUT2D eigenvalue weighted by Crippen LogP contribution is 2.33. The van der Waals surface area contributed by atoms with Gasteiger partial charge in [-0.1, -0.05) is 25.5 Å². The Morgan fingerprint density at radius 1 is 1.09 bits per heavy atom. The minimum atomic E-state index is -0.140. The molecular weight excluding hydrogens is 450 g/mol. The lowest BCUT2D eigenvalue weighted by Gasteiger charge is -2.13. The molecule has 8 nitrogen and oxygen atoms in total. The largest absolute Gasteiger partial charge is 0.490 e. The van der Waals surface area contributed by atoms with Crippen LogP contribution in [-0.2, 0) is 11.3 Å². The van der Waals surface area contributed by atoms with Crippen molar-refractivity contribution in [3.8, 4) is 22.8 Å². The van der Waals surface area contributed by atoms with E-state index in [4.69, 9.17) is 20.2 Å². The van der Waals surface area contributed by atoms with Gasteiger partial charge in [-0.25, -0.2) is 9.67 Å². The second-order valence-electron chi connectivity index (χ2n) is 7.79. The number of pyridine rings is 2. The fourth-order valence-corrected chi connectivity index (χ4v) is 3.73. The summed E-state index contributed by atoms with van der Waals surface area (Å²) in [4.78, 5) is 9.34. The lowest BCUT2D eigenvalue weighted by molar-refractivity contribution is 0.147. The van der Waals surface area contributed by atoms with E-state index in [9.17, 15) is 5.11 Å². The standard InChI is InChI=1S/C25H29N5O3.H2S/c1-3-6-20(26)22-9-5-8-21(29-22)17-13-23-19(24(14-17)33-12-11-32-2)15-27-30(23)25-10-4-7-18(16-31)28-25;/h4-5,7-10,13-15,20,31H,3,6,11-12,16,26H2,1-2H3;1H2/t20-;/m0./s1. The Balaban J connectivity index is 0.00000324. The van der Waals surface area contributed by atoms with Crippen molar-refractivity contribution in [2.45, 2.75) is 32.4 Å². The number of ether oxygens (including phenoxy) is 2. The highest BCUT2D eigenvalue weighted by Gasteiger charge is 2.16. The van der Waals surface area contributed by atoms with Gasteiger partial charge in [-0.2, -0.15) is 18.6 Å². The van der Waals surface area contributed by atoms with Gasteiger partial charge < -0.3 is 20.3 Å². The molecule has 4 aromatic rings. The van der Waals surface area contributed by atoms with Gasteiger partial charge in [0.25, 0.3) is 0 Å². The molecule has 0 aliphatic heterocycles. The number of nitrogens with zero attached hydrogens (tertiary/aromatic N) is 4. The van der Waals surface area contributed by atoms with E-state index in [2.05, 4.69) is 17.0 Å². The Morgan fingerprint density at radius 2 is 1.91 bits per heavy atom. The van der Waals surface area contributed by atoms with Gasteiger partial charge in [-0.3, -0.25) is 4.98 Å². The van der Waals surface area contributed by atoms with Crippen LogP contribution in [0.25, 0.3) is 28.0 Å². The quantitative estimate of drug-likeness (QED) is 0.331. The van der Waals surface area contributed by atoms with Crippen LogP contribution in [0, 0.1) is 0 Å². The third-order valence-electron chi connectivity index (χ3n) is 5.41. The minimum absolute atomic E-state index is 0. The van der Waals surface area contributed by atoms with E-state index in [1.165, 1.54) is 0 Å². The molecule has 4 rings (SSSR count). The molecule has 180 valence electrons. The highest BCUT2D eigenvalue weighted by atomic mass is 32.1. The second kappa shape index (κ2) is 11.9. The average molecular weight is 482 g/mol. The Morgan fingerprint density at radius 3 is 2.68 bits per heavy atom. The first-order chi connectivity index (χ1) is 16.1. The van der Waals surface area contributed by atoms with Gasteiger partial charge >= 0.3 is 0 Å². The SMILES string of the molecule is CCC[C@H](N)c1cccc(-c2cc(OCCOC)c3cnn(-c4cccc(CO)n4)c3c2)n1.S. The third kappa shape index (κ3) is 5.56. The number of aromatic nitrogens is 4. The fourth-order valence-electron chi connectivity index (χ4n) is 3.73. The molecule has 9 heteroatoms. The summed E-state index contributed by atoms with van der Waals surface area (Å²) in [5.41, 5.74) is 10.3. The molecule has 0 bridgehead atoms. The van der Waals surface area contributed by atoms with Crippen molar-refractivity contribution >= 4 is 24.4 Å². The van der Waals surface area contributed by atoms with E-state index in [1.807, 2.05) is 42.5 Å². The molecule has 0 aliphatic rings. The van der Waals surface area contributed by atoms with Gasteiger partial charge in [0.05, 0.1) is 47.4 Å². The van der Waals surface area contributed by atoms with Crippen LogP contribution in [0.15, 0.2) is 54.7 Å². The van der Waals surface area contributed by atoms with E-state index in [-0.39, 0.29) is 26.1 Å². The van der Waals surface area contributed by atoms with E-state index in [0.29, 0.717) is 30.5 Å². The topological polar surface area (TPSA) is 108 Å². The molecule has 1 atom stereocenters. The van der Waals surface area contributed by atoms with Crippen molar-refractivity contribution in [1.82, 2.24) is 19.7 Å². The predicted octanol–water partition coefficient (Wildman–Crippen LogP) is 3.91. The van der Waals surface area contributed by atoms with Gasteiger partial charge in [-0.15, -0.1) is 0 Å². The first-order valence-electron chi connectivity index (χ1n) is 11.1. The lowest BCUT2D eigenvalue weighted by atomic mass is 10.1. The Labute approximate surface area is 206 Å². The average Bonchev–Trinajstić information content (AvgIpc) is 3.29. The van der Waals surface area contributed by atoms with Crippen molar-refractivity contribution < 1.29 is 14.6 Å². The monoisotopic (exact) mass is 481 g/mol. The van der Waals surface area contributed by atoms with Crippen LogP contribution in [0.4, 0.5) is 0 Å². The van der Waals surface area contributed by atoms with Crippen LogP contribution < -0.4 is 10.5 Å². The van der Waals surface area contributed by atoms with Crippen molar-refractivity contribution in [3.63, 3.8) is 0 Å². The van der Waals surface area contributed by atoms with Crippen molar-refractivity contribution in [2.24, 2.45) is 5.73 Å². The fraction of sp³-hybridized carbons (Fsp3) is 0.320. The van der Waals surface area contributed by atoms with E-state index in [0.717, 1.165) is 40.7 Å². The van der Waals surface area contributed by atoms with Crippen LogP contribution in [0.1, 0.15) is 37.2 Å². The van der Waals surface area contributed by atoms with Gasteiger partial charge in [0, 0.05) is 18.7 Å². The molecule has 3 aromatic heterocycles. The number of aliphatic hydroxyl groups is 1. The summed E-state index contributed by atoms with van der Waals surface area (Å²) in [5, 5.41) is 14.9. The maximum absolute atomic E-state index is 9.50. The predicted molar refractivity (Wildman–Crippen MR) is 138 cm³/mol. The number of benzene rings is 1. The van der Waals surface area contributed by atoms with Gasteiger partial charge in [0.1, 0.15) is 12.4 Å². The molecule has 1 aromatic carbocycles. The third-order valence-corrected chi connectivity index (χ3v) is 5.41. The zero-order chi connectivity index (χ0) is 23.2. The number of fused-ring (bicyclic) bond motifs is 1. The van der Waals surface area contributed by atoms with E-state index in [1.54, 1.807) is 24.1 Å². The molecule has 0 radical (unpaired) electrons.